The van der Waals surface area contributed by atoms with Crippen LogP contribution in [0.3, 0.4) is 0 Å². The number of hydrogen-bond acceptors (Lipinski definition) is 3. The van der Waals surface area contributed by atoms with E-state index in [-0.39, 0.29) is 6.42 Å². The molecule has 72 valence electrons. The molecule has 0 saturated heterocycles. The van der Waals surface area contributed by atoms with Crippen molar-refractivity contribution in [2.75, 3.05) is 0 Å². The first-order valence-electron chi connectivity index (χ1n) is 4.28. The van der Waals surface area contributed by atoms with Crippen molar-refractivity contribution in [2.45, 2.75) is 12.1 Å². The third-order valence-corrected chi connectivity index (χ3v) is 2.11. The highest BCUT2D eigenvalue weighted by Crippen LogP contribution is 2.11. The van der Waals surface area contributed by atoms with Crippen LogP contribution in [0.5, 0.6) is 0 Å². The zero-order chi connectivity index (χ0) is 10.2. The maximum absolute atomic E-state index is 10.6. The Morgan fingerprint density at radius 1 is 1.50 bits per heavy atom. The highest BCUT2D eigenvalue weighted by atomic mass is 16.4. The molecule has 0 amide bonds. The first-order valence-corrected chi connectivity index (χ1v) is 4.28. The summed E-state index contributed by atoms with van der Waals surface area (Å²) in [6, 6.07) is 7.41. The van der Waals surface area contributed by atoms with Crippen molar-refractivity contribution in [3.8, 4) is 0 Å². The van der Waals surface area contributed by atoms with Crippen molar-refractivity contribution < 1.29 is 9.90 Å². The topological polar surface area (TPSA) is 75.7 Å². The van der Waals surface area contributed by atoms with Crippen LogP contribution < -0.4 is 16.3 Å². The third-order valence-electron chi connectivity index (χ3n) is 2.11. The fourth-order valence-electron chi connectivity index (χ4n) is 1.57. The Morgan fingerprint density at radius 3 is 2.86 bits per heavy atom. The largest absolute Gasteiger partial charge is 0.481 e. The van der Waals surface area contributed by atoms with Gasteiger partial charge in [-0.25, -0.2) is 0 Å². The lowest BCUT2D eigenvalue weighted by Crippen LogP contribution is -2.36. The number of para-hydroxylation sites is 1. The van der Waals surface area contributed by atoms with Gasteiger partial charge in [0.05, 0.1) is 11.8 Å². The van der Waals surface area contributed by atoms with Crippen molar-refractivity contribution in [3.05, 3.63) is 34.8 Å². The minimum atomic E-state index is -1.07. The summed E-state index contributed by atoms with van der Waals surface area (Å²) in [4.78, 5) is 14.7. The Kier molecular flexibility index (Phi) is 1.86. The lowest BCUT2D eigenvalue weighted by Gasteiger charge is -2.14. The molecule has 1 aromatic carbocycles. The van der Waals surface area contributed by atoms with Gasteiger partial charge in [-0.2, -0.15) is 0 Å². The summed E-state index contributed by atoms with van der Waals surface area (Å²) in [6.07, 6.45) is 1.51. The fourth-order valence-corrected chi connectivity index (χ4v) is 1.57. The van der Waals surface area contributed by atoms with Gasteiger partial charge >= 0.3 is 5.97 Å². The van der Waals surface area contributed by atoms with Crippen LogP contribution in [-0.4, -0.2) is 16.7 Å². The summed E-state index contributed by atoms with van der Waals surface area (Å²) in [5.74, 6) is -0.944. The number of carboxylic acids is 1. The highest BCUT2D eigenvalue weighted by molar-refractivity contribution is 5.70. The van der Waals surface area contributed by atoms with E-state index in [9.17, 15) is 4.79 Å². The number of hydrogen-bond donors (Lipinski definition) is 2. The number of benzene rings is 1. The van der Waals surface area contributed by atoms with Crippen molar-refractivity contribution in [1.29, 1.82) is 0 Å². The van der Waals surface area contributed by atoms with Gasteiger partial charge in [-0.05, 0) is 17.4 Å². The molecule has 4 heteroatoms. The molecule has 0 aromatic heterocycles. The minimum absolute atomic E-state index is 0.179. The molecule has 0 aliphatic carbocycles. The first kappa shape index (κ1) is 8.90. The van der Waals surface area contributed by atoms with Gasteiger partial charge in [-0.1, -0.05) is 18.2 Å². The SMILES string of the molecule is NC1(CC(=O)O)C=c2ccccc2=N1. The molecule has 0 radical (unpaired) electrons. The maximum Gasteiger partial charge on any atom is 0.307 e. The van der Waals surface area contributed by atoms with E-state index in [2.05, 4.69) is 4.99 Å². The predicted octanol–water partition coefficient (Wildman–Crippen LogP) is -0.770. The van der Waals surface area contributed by atoms with E-state index in [4.69, 9.17) is 10.8 Å². The van der Waals surface area contributed by atoms with E-state index in [1.807, 2.05) is 24.3 Å². The van der Waals surface area contributed by atoms with Crippen LogP contribution in [0.2, 0.25) is 0 Å². The average molecular weight is 190 g/mol. The van der Waals surface area contributed by atoms with Crippen molar-refractivity contribution in [1.82, 2.24) is 0 Å². The molecule has 3 N–H and O–H groups in total. The molecule has 0 fully saturated rings. The lowest BCUT2D eigenvalue weighted by atomic mass is 10.1. The predicted molar refractivity (Wildman–Crippen MR) is 50.9 cm³/mol. The van der Waals surface area contributed by atoms with E-state index in [1.165, 1.54) is 0 Å². The Balaban J connectivity index is 2.48. The van der Waals surface area contributed by atoms with Crippen LogP contribution in [0, 0.1) is 0 Å². The molecule has 4 nitrogen and oxygen atoms in total. The van der Waals surface area contributed by atoms with Crippen LogP contribution >= 0.6 is 0 Å². The summed E-state index contributed by atoms with van der Waals surface area (Å²) in [5, 5.41) is 10.3. The second-order valence-electron chi connectivity index (χ2n) is 3.38. The quantitative estimate of drug-likeness (QED) is 0.643. The molecular formula is C10H10N2O2. The molecule has 0 saturated carbocycles. The smallest absolute Gasteiger partial charge is 0.307 e. The van der Waals surface area contributed by atoms with E-state index in [0.29, 0.717) is 0 Å². The normalized spacial score (nSPS) is 23.5. The third kappa shape index (κ3) is 1.52. The average Bonchev–Trinajstić information content (AvgIpc) is 2.38. The molecule has 1 heterocycles. The molecule has 1 unspecified atom stereocenters. The van der Waals surface area contributed by atoms with Crippen LogP contribution in [0.15, 0.2) is 29.3 Å². The molecule has 0 bridgehead atoms. The number of rotatable bonds is 2. The van der Waals surface area contributed by atoms with Gasteiger partial charge in [-0.15, -0.1) is 0 Å². The number of fused-ring (bicyclic) bond motifs is 1. The summed E-state index contributed by atoms with van der Waals surface area (Å²) >= 11 is 0. The van der Waals surface area contributed by atoms with Crippen molar-refractivity contribution in [2.24, 2.45) is 10.7 Å². The van der Waals surface area contributed by atoms with Crippen LogP contribution in [0.4, 0.5) is 0 Å². The van der Waals surface area contributed by atoms with Crippen LogP contribution in [-0.2, 0) is 4.79 Å². The summed E-state index contributed by atoms with van der Waals surface area (Å²) in [5.41, 5.74) is 4.73. The van der Waals surface area contributed by atoms with Gasteiger partial charge < -0.3 is 10.8 Å². The van der Waals surface area contributed by atoms with Crippen molar-refractivity contribution in [3.63, 3.8) is 0 Å². The Labute approximate surface area is 80.4 Å². The van der Waals surface area contributed by atoms with E-state index in [1.54, 1.807) is 6.08 Å². The van der Waals surface area contributed by atoms with Gasteiger partial charge in [0.2, 0.25) is 0 Å². The molecule has 2 rings (SSSR count). The number of aliphatic carboxylic acids is 1. The Hall–Kier alpha value is -1.68. The Morgan fingerprint density at radius 2 is 2.21 bits per heavy atom. The standard InChI is InChI=1S/C10H10N2O2/c11-10(6-9(13)14)5-7-3-1-2-4-8(7)12-10/h1-5H,6,11H2,(H,13,14). The molecule has 1 aromatic rings. The molecular weight excluding hydrogens is 180 g/mol. The molecule has 1 aliphatic rings. The number of carboxylic acid groups (broad SMARTS) is 1. The first-order chi connectivity index (χ1) is 6.59. The summed E-state index contributed by atoms with van der Waals surface area (Å²) in [6.45, 7) is 0. The van der Waals surface area contributed by atoms with Crippen LogP contribution in [0.1, 0.15) is 6.42 Å². The van der Waals surface area contributed by atoms with Gasteiger partial charge in [0.15, 0.2) is 0 Å². The number of nitrogens with zero attached hydrogens (tertiary/aromatic N) is 1. The molecule has 1 aliphatic heterocycles. The molecule has 14 heavy (non-hydrogen) atoms. The van der Waals surface area contributed by atoms with Gasteiger partial charge in [-0.3, -0.25) is 9.79 Å². The van der Waals surface area contributed by atoms with Gasteiger partial charge in [0, 0.05) is 0 Å². The monoisotopic (exact) mass is 190 g/mol. The van der Waals surface area contributed by atoms with E-state index < -0.39 is 11.6 Å². The van der Waals surface area contributed by atoms with Crippen LogP contribution in [0.25, 0.3) is 6.08 Å². The lowest BCUT2D eigenvalue weighted by molar-refractivity contribution is -0.137. The van der Waals surface area contributed by atoms with Crippen molar-refractivity contribution >= 4 is 12.0 Å². The summed E-state index contributed by atoms with van der Waals surface area (Å²) < 4.78 is 0. The second-order valence-corrected chi connectivity index (χ2v) is 3.38. The zero-order valence-corrected chi connectivity index (χ0v) is 7.47. The molecule has 0 spiro atoms. The number of nitrogens with two attached hydrogens (primary N) is 1. The highest BCUT2D eigenvalue weighted by Gasteiger charge is 2.26. The van der Waals surface area contributed by atoms with Gasteiger partial charge in [0.25, 0.3) is 0 Å². The van der Waals surface area contributed by atoms with Gasteiger partial charge in [0.1, 0.15) is 5.66 Å². The zero-order valence-electron chi connectivity index (χ0n) is 7.47. The van der Waals surface area contributed by atoms with E-state index >= 15 is 0 Å². The Bertz CT molecular complexity index is 458. The minimum Gasteiger partial charge on any atom is -0.481 e. The van der Waals surface area contributed by atoms with E-state index in [0.717, 1.165) is 10.6 Å². The molecule has 1 atom stereocenters. The number of carbonyl (C=O) groups is 1. The summed E-state index contributed by atoms with van der Waals surface area (Å²) in [7, 11) is 0. The second kappa shape index (κ2) is 2.92. The fraction of sp³-hybridized carbons (Fsp3) is 0.200. The maximum atomic E-state index is 10.6.